The molecule has 0 saturated carbocycles. The zero-order valence-electron chi connectivity index (χ0n) is 12.6. The van der Waals surface area contributed by atoms with E-state index in [0.717, 1.165) is 12.1 Å². The Morgan fingerprint density at radius 2 is 2.04 bits per heavy atom. The van der Waals surface area contributed by atoms with E-state index in [9.17, 15) is 18.0 Å². The van der Waals surface area contributed by atoms with E-state index in [2.05, 4.69) is 0 Å². The van der Waals surface area contributed by atoms with Crippen molar-refractivity contribution in [3.8, 4) is 0 Å². The van der Waals surface area contributed by atoms with Crippen molar-refractivity contribution < 1.29 is 32.5 Å². The highest BCUT2D eigenvalue weighted by Crippen LogP contribution is 2.33. The zero-order chi connectivity index (χ0) is 16.9. The summed E-state index contributed by atoms with van der Waals surface area (Å²) < 4.78 is 48.1. The molecule has 1 unspecified atom stereocenters. The molecule has 1 aromatic carbocycles. The smallest absolute Gasteiger partial charge is 0.416 e. The van der Waals surface area contributed by atoms with Gasteiger partial charge in [0, 0.05) is 6.61 Å². The molecule has 23 heavy (non-hydrogen) atoms. The molecule has 1 aromatic rings. The number of unbranched alkanes of at least 4 members (excludes halogenated alkanes) is 1. The van der Waals surface area contributed by atoms with Gasteiger partial charge in [-0.25, -0.2) is 4.79 Å². The predicted molar refractivity (Wildman–Crippen MR) is 76.1 cm³/mol. The van der Waals surface area contributed by atoms with Gasteiger partial charge in [-0.2, -0.15) is 13.2 Å². The number of halogens is 3. The first-order valence-electron chi connectivity index (χ1n) is 7.45. The number of alkyl halides is 3. The van der Waals surface area contributed by atoms with Crippen molar-refractivity contribution in [2.45, 2.75) is 37.5 Å². The van der Waals surface area contributed by atoms with Crippen LogP contribution in [0.2, 0.25) is 0 Å². The van der Waals surface area contributed by atoms with Crippen molar-refractivity contribution >= 4 is 5.97 Å². The third-order valence-corrected chi connectivity index (χ3v) is 3.79. The molecule has 128 valence electrons. The highest BCUT2D eigenvalue weighted by atomic mass is 19.4. The van der Waals surface area contributed by atoms with E-state index in [4.69, 9.17) is 14.6 Å². The van der Waals surface area contributed by atoms with E-state index >= 15 is 0 Å². The standard InChI is InChI=1S/C16H19F3O4/c17-16(18,19)13-5-3-4-12(10-13)6-9-22-8-2-1-7-15(11-23-15)14(20)21/h3-5,10H,1-2,6-9,11H2,(H,20,21). The fourth-order valence-electron chi connectivity index (χ4n) is 2.27. The molecule has 0 amide bonds. The molecule has 0 aliphatic carbocycles. The molecule has 4 nitrogen and oxygen atoms in total. The van der Waals surface area contributed by atoms with Crippen molar-refractivity contribution in [2.75, 3.05) is 19.8 Å². The van der Waals surface area contributed by atoms with Crippen LogP contribution in [0.5, 0.6) is 0 Å². The van der Waals surface area contributed by atoms with Crippen molar-refractivity contribution in [1.82, 2.24) is 0 Å². The van der Waals surface area contributed by atoms with E-state index in [1.807, 2.05) is 0 Å². The van der Waals surface area contributed by atoms with Gasteiger partial charge >= 0.3 is 12.1 Å². The van der Waals surface area contributed by atoms with Gasteiger partial charge in [0.1, 0.15) is 0 Å². The Hall–Kier alpha value is -1.60. The van der Waals surface area contributed by atoms with Crippen molar-refractivity contribution in [2.24, 2.45) is 0 Å². The molecule has 0 bridgehead atoms. The Balaban J connectivity index is 1.60. The van der Waals surface area contributed by atoms with Gasteiger partial charge in [-0.3, -0.25) is 0 Å². The Morgan fingerprint density at radius 1 is 1.30 bits per heavy atom. The van der Waals surface area contributed by atoms with Crippen LogP contribution in [0.15, 0.2) is 24.3 Å². The zero-order valence-corrected chi connectivity index (χ0v) is 12.6. The summed E-state index contributed by atoms with van der Waals surface area (Å²) in [4.78, 5) is 10.9. The lowest BCUT2D eigenvalue weighted by atomic mass is 10.0. The Kier molecular flexibility index (Phi) is 5.64. The van der Waals surface area contributed by atoms with Crippen LogP contribution in [0.25, 0.3) is 0 Å². The summed E-state index contributed by atoms with van der Waals surface area (Å²) in [5, 5.41) is 8.91. The summed E-state index contributed by atoms with van der Waals surface area (Å²) in [6, 6.07) is 5.20. The van der Waals surface area contributed by atoms with Crippen LogP contribution in [0, 0.1) is 0 Å². The largest absolute Gasteiger partial charge is 0.479 e. The van der Waals surface area contributed by atoms with E-state index in [0.29, 0.717) is 44.5 Å². The van der Waals surface area contributed by atoms with Gasteiger partial charge in [-0.15, -0.1) is 0 Å². The van der Waals surface area contributed by atoms with Gasteiger partial charge in [0.05, 0.1) is 18.8 Å². The number of carboxylic acid groups (broad SMARTS) is 1. The number of carbonyl (C=O) groups is 1. The molecule has 1 N–H and O–H groups in total. The highest BCUT2D eigenvalue weighted by Gasteiger charge is 2.51. The minimum atomic E-state index is -4.33. The summed E-state index contributed by atoms with van der Waals surface area (Å²) in [7, 11) is 0. The molecule has 0 spiro atoms. The fraction of sp³-hybridized carbons (Fsp3) is 0.562. The minimum absolute atomic E-state index is 0.263. The van der Waals surface area contributed by atoms with Crippen molar-refractivity contribution in [3.05, 3.63) is 35.4 Å². The van der Waals surface area contributed by atoms with Crippen LogP contribution in [0.3, 0.4) is 0 Å². The van der Waals surface area contributed by atoms with Gasteiger partial charge in [-0.1, -0.05) is 18.2 Å². The van der Waals surface area contributed by atoms with Gasteiger partial charge in [-0.05, 0) is 37.3 Å². The molecule has 0 radical (unpaired) electrons. The number of epoxide rings is 1. The number of hydrogen-bond acceptors (Lipinski definition) is 3. The van der Waals surface area contributed by atoms with Crippen molar-refractivity contribution in [3.63, 3.8) is 0 Å². The van der Waals surface area contributed by atoms with E-state index in [1.165, 1.54) is 6.07 Å². The van der Waals surface area contributed by atoms with Crippen LogP contribution in [-0.4, -0.2) is 36.5 Å². The first-order chi connectivity index (χ1) is 10.8. The lowest BCUT2D eigenvalue weighted by Crippen LogP contribution is -2.23. The van der Waals surface area contributed by atoms with Crippen LogP contribution in [0.4, 0.5) is 13.2 Å². The average molecular weight is 332 g/mol. The molecule has 1 aliphatic heterocycles. The van der Waals surface area contributed by atoms with Gasteiger partial charge in [0.25, 0.3) is 0 Å². The van der Waals surface area contributed by atoms with Gasteiger partial charge in [0.2, 0.25) is 0 Å². The normalized spacial score (nSPS) is 20.5. The molecule has 1 fully saturated rings. The average Bonchev–Trinajstić information content (AvgIpc) is 3.27. The maximum atomic E-state index is 12.6. The molecule has 1 atom stereocenters. The highest BCUT2D eigenvalue weighted by molar-refractivity contribution is 5.80. The first kappa shape index (κ1) is 17.7. The maximum absolute atomic E-state index is 12.6. The summed E-state index contributed by atoms with van der Waals surface area (Å²) >= 11 is 0. The first-order valence-corrected chi connectivity index (χ1v) is 7.45. The minimum Gasteiger partial charge on any atom is -0.479 e. The number of rotatable bonds is 9. The van der Waals surface area contributed by atoms with E-state index < -0.39 is 23.3 Å². The number of carboxylic acids is 1. The van der Waals surface area contributed by atoms with Gasteiger partial charge < -0.3 is 14.6 Å². The lowest BCUT2D eigenvalue weighted by molar-refractivity contribution is -0.143. The summed E-state index contributed by atoms with van der Waals surface area (Å²) in [6.45, 7) is 1.05. The van der Waals surface area contributed by atoms with Crippen molar-refractivity contribution in [1.29, 1.82) is 0 Å². The fourth-order valence-corrected chi connectivity index (χ4v) is 2.27. The Bertz CT molecular complexity index is 538. The molecular weight excluding hydrogens is 313 g/mol. The molecular formula is C16H19F3O4. The Labute approximate surface area is 132 Å². The van der Waals surface area contributed by atoms with Crippen LogP contribution in [0.1, 0.15) is 30.4 Å². The summed E-state index contributed by atoms with van der Waals surface area (Å²) in [5.41, 5.74) is -1.06. The van der Waals surface area contributed by atoms with Crippen LogP contribution >= 0.6 is 0 Å². The third kappa shape index (κ3) is 5.21. The monoisotopic (exact) mass is 332 g/mol. The second-order valence-electron chi connectivity index (χ2n) is 5.61. The second kappa shape index (κ2) is 7.31. The number of ether oxygens (including phenoxy) is 2. The number of benzene rings is 1. The third-order valence-electron chi connectivity index (χ3n) is 3.79. The lowest BCUT2D eigenvalue weighted by Gasteiger charge is -2.09. The van der Waals surface area contributed by atoms with Gasteiger partial charge in [0.15, 0.2) is 5.60 Å². The van der Waals surface area contributed by atoms with E-state index in [-0.39, 0.29) is 6.61 Å². The molecule has 1 aliphatic rings. The predicted octanol–water partition coefficient (Wildman–Crippen LogP) is 3.29. The molecule has 2 rings (SSSR count). The van der Waals surface area contributed by atoms with E-state index in [1.54, 1.807) is 6.07 Å². The SMILES string of the molecule is O=C(O)C1(CCCCOCCc2cccc(C(F)(F)F)c2)CO1. The Morgan fingerprint density at radius 3 is 2.65 bits per heavy atom. The molecule has 0 aromatic heterocycles. The van der Waals surface area contributed by atoms with Crippen LogP contribution < -0.4 is 0 Å². The number of aliphatic carboxylic acids is 1. The molecule has 7 heteroatoms. The molecule has 1 heterocycles. The summed E-state index contributed by atoms with van der Waals surface area (Å²) in [6.07, 6.45) is -2.09. The number of hydrogen-bond donors (Lipinski definition) is 1. The maximum Gasteiger partial charge on any atom is 0.416 e. The second-order valence-corrected chi connectivity index (χ2v) is 5.61. The van der Waals surface area contributed by atoms with Crippen LogP contribution in [-0.2, 0) is 26.9 Å². The summed E-state index contributed by atoms with van der Waals surface area (Å²) in [5.74, 6) is -0.928. The topological polar surface area (TPSA) is 59.1 Å². The quantitative estimate of drug-likeness (QED) is 0.557. The molecule has 1 saturated heterocycles.